The molecule has 1 unspecified atom stereocenters. The number of unbranched alkanes of at least 4 members (excludes halogenated alkanes) is 44. The van der Waals surface area contributed by atoms with Crippen LogP contribution in [0.15, 0.2) is 0 Å². The second kappa shape index (κ2) is 55.0. The summed E-state index contributed by atoms with van der Waals surface area (Å²) in [4.78, 5) is 37.6. The highest BCUT2D eigenvalue weighted by molar-refractivity contribution is 5.71. The second-order valence-corrected chi connectivity index (χ2v) is 20.3. The van der Waals surface area contributed by atoms with Gasteiger partial charge in [-0.15, -0.1) is 0 Å². The topological polar surface area (TPSA) is 78.9 Å². The minimum absolute atomic E-state index is 0.0635. The van der Waals surface area contributed by atoms with Crippen LogP contribution in [0, 0.1) is 0 Å². The van der Waals surface area contributed by atoms with Gasteiger partial charge in [-0.05, 0) is 19.3 Å². The van der Waals surface area contributed by atoms with Crippen molar-refractivity contribution in [1.82, 2.24) is 0 Å². The molecule has 0 aromatic rings. The van der Waals surface area contributed by atoms with Crippen LogP contribution in [-0.4, -0.2) is 37.2 Å². The highest BCUT2D eigenvalue weighted by atomic mass is 16.6. The number of hydrogen-bond donors (Lipinski definition) is 0. The summed E-state index contributed by atoms with van der Waals surface area (Å²) in [5.74, 6) is -0.859. The van der Waals surface area contributed by atoms with E-state index >= 15 is 0 Å². The van der Waals surface area contributed by atoms with Gasteiger partial charge in [0.25, 0.3) is 0 Å². The lowest BCUT2D eigenvalue weighted by Gasteiger charge is -2.18. The lowest BCUT2D eigenvalue weighted by molar-refractivity contribution is -0.167. The molecule has 0 spiro atoms. The number of carbonyl (C=O) groups is 3. The van der Waals surface area contributed by atoms with Gasteiger partial charge >= 0.3 is 17.9 Å². The smallest absolute Gasteiger partial charge is 0.306 e. The maximum atomic E-state index is 12.6. The Balaban J connectivity index is 3.75. The summed E-state index contributed by atoms with van der Waals surface area (Å²) in [7, 11) is 0. The van der Waals surface area contributed by atoms with Gasteiger partial charge in [-0.25, -0.2) is 0 Å². The normalized spacial score (nSPS) is 11.9. The Kier molecular flexibility index (Phi) is 53.7. The van der Waals surface area contributed by atoms with Gasteiger partial charge in [0, 0.05) is 19.3 Å². The molecule has 6 nitrogen and oxygen atoms in total. The lowest BCUT2D eigenvalue weighted by Crippen LogP contribution is -2.30. The summed E-state index contributed by atoms with van der Waals surface area (Å²) >= 11 is 0. The highest BCUT2D eigenvalue weighted by Crippen LogP contribution is 2.18. The first kappa shape index (κ1) is 63.4. The molecule has 0 fully saturated rings. The predicted molar refractivity (Wildman–Crippen MR) is 280 cm³/mol. The molecule has 0 aliphatic carbocycles. The Bertz CT molecular complexity index is 967. The number of ether oxygens (including phenoxy) is 3. The van der Waals surface area contributed by atoms with E-state index < -0.39 is 6.10 Å². The van der Waals surface area contributed by atoms with Crippen LogP contribution in [0.3, 0.4) is 0 Å². The number of hydrogen-bond acceptors (Lipinski definition) is 6. The van der Waals surface area contributed by atoms with Crippen LogP contribution in [0.5, 0.6) is 0 Å². The molecule has 0 saturated heterocycles. The first-order valence-corrected chi connectivity index (χ1v) is 29.5. The Morgan fingerprint density at radius 1 is 0.246 bits per heavy atom. The van der Waals surface area contributed by atoms with Gasteiger partial charge in [-0.2, -0.15) is 0 Å². The van der Waals surface area contributed by atoms with Crippen molar-refractivity contribution in [3.05, 3.63) is 0 Å². The third-order valence-corrected chi connectivity index (χ3v) is 13.6. The van der Waals surface area contributed by atoms with Crippen molar-refractivity contribution in [1.29, 1.82) is 0 Å². The molecule has 0 radical (unpaired) electrons. The maximum absolute atomic E-state index is 12.6. The van der Waals surface area contributed by atoms with E-state index in [1.807, 2.05) is 0 Å². The molecule has 0 bridgehead atoms. The molecule has 0 saturated carbocycles. The fourth-order valence-corrected chi connectivity index (χ4v) is 9.15. The summed E-state index contributed by atoms with van der Waals surface area (Å²) in [6.45, 7) is 6.60. The average molecular weight is 920 g/mol. The molecule has 0 aliphatic rings. The zero-order valence-electron chi connectivity index (χ0n) is 44.3. The van der Waals surface area contributed by atoms with Gasteiger partial charge in [0.1, 0.15) is 13.2 Å². The van der Waals surface area contributed by atoms with Crippen LogP contribution in [0.4, 0.5) is 0 Å². The fraction of sp³-hybridized carbons (Fsp3) is 0.949. The molecule has 1 atom stereocenters. The van der Waals surface area contributed by atoms with Gasteiger partial charge in [0.05, 0.1) is 0 Å². The third kappa shape index (κ3) is 53.2. The zero-order chi connectivity index (χ0) is 47.2. The van der Waals surface area contributed by atoms with Gasteiger partial charge in [-0.3, -0.25) is 14.4 Å². The molecule has 386 valence electrons. The number of esters is 3. The van der Waals surface area contributed by atoms with Crippen LogP contribution in [0.2, 0.25) is 0 Å². The van der Waals surface area contributed by atoms with Crippen molar-refractivity contribution in [2.24, 2.45) is 0 Å². The largest absolute Gasteiger partial charge is 0.462 e. The summed E-state index contributed by atoms with van der Waals surface area (Å²) in [5.41, 5.74) is 0. The molecule has 0 N–H and O–H groups in total. The number of carbonyl (C=O) groups excluding carboxylic acids is 3. The third-order valence-electron chi connectivity index (χ3n) is 13.6. The first-order chi connectivity index (χ1) is 32.0. The van der Waals surface area contributed by atoms with Crippen molar-refractivity contribution in [3.63, 3.8) is 0 Å². The number of rotatable bonds is 55. The van der Waals surface area contributed by atoms with Gasteiger partial charge in [-0.1, -0.05) is 303 Å². The minimum Gasteiger partial charge on any atom is -0.462 e. The molecule has 6 heteroatoms. The van der Waals surface area contributed by atoms with Crippen LogP contribution in [0.1, 0.15) is 342 Å². The van der Waals surface area contributed by atoms with Gasteiger partial charge in [0.2, 0.25) is 0 Å². The molecule has 0 aromatic carbocycles. The van der Waals surface area contributed by atoms with E-state index in [2.05, 4.69) is 20.8 Å². The van der Waals surface area contributed by atoms with E-state index in [0.29, 0.717) is 19.3 Å². The molecule has 65 heavy (non-hydrogen) atoms. The SMILES string of the molecule is CCCCCCCCCCCCCCCCCCCCCCCCCCCCCCCCCCCC(=O)OCC(COC(=O)CCCCCCCCC)OC(=O)CCCCCCCCC. The highest BCUT2D eigenvalue weighted by Gasteiger charge is 2.19. The molecule has 0 aliphatic heterocycles. The van der Waals surface area contributed by atoms with Crippen LogP contribution < -0.4 is 0 Å². The van der Waals surface area contributed by atoms with Crippen molar-refractivity contribution in [3.8, 4) is 0 Å². The van der Waals surface area contributed by atoms with Crippen LogP contribution in [-0.2, 0) is 28.6 Å². The van der Waals surface area contributed by atoms with E-state index in [9.17, 15) is 14.4 Å². The average Bonchev–Trinajstić information content (AvgIpc) is 3.30. The monoisotopic (exact) mass is 919 g/mol. The van der Waals surface area contributed by atoms with Crippen molar-refractivity contribution >= 4 is 17.9 Å². The van der Waals surface area contributed by atoms with Crippen LogP contribution in [0.25, 0.3) is 0 Å². The lowest BCUT2D eigenvalue weighted by atomic mass is 10.0. The van der Waals surface area contributed by atoms with E-state index in [-0.39, 0.29) is 31.1 Å². The Hall–Kier alpha value is -1.59. The van der Waals surface area contributed by atoms with E-state index in [0.717, 1.165) is 57.8 Å². The van der Waals surface area contributed by atoms with Gasteiger partial charge < -0.3 is 14.2 Å². The summed E-state index contributed by atoms with van der Waals surface area (Å²) in [5, 5.41) is 0. The van der Waals surface area contributed by atoms with Crippen molar-refractivity contribution < 1.29 is 28.6 Å². The molecule has 0 amide bonds. The molecule has 0 heterocycles. The van der Waals surface area contributed by atoms with E-state index in [4.69, 9.17) is 14.2 Å². The summed E-state index contributed by atoms with van der Waals surface area (Å²) < 4.78 is 16.7. The second-order valence-electron chi connectivity index (χ2n) is 20.3. The standard InChI is InChI=1S/C59H114O6/c1-4-7-10-13-16-17-18-19-20-21-22-23-24-25-26-27-28-29-30-31-32-33-34-35-36-37-38-39-40-41-44-46-49-52-58(61)64-55-56(65-59(62)53-50-47-43-15-12-9-6-3)54-63-57(60)51-48-45-42-14-11-8-5-2/h56H,4-55H2,1-3H3. The predicted octanol–water partition coefficient (Wildman–Crippen LogP) is 19.5. The first-order valence-electron chi connectivity index (χ1n) is 29.5. The molecule has 0 aromatic heterocycles. The van der Waals surface area contributed by atoms with Gasteiger partial charge in [0.15, 0.2) is 6.10 Å². The Morgan fingerprint density at radius 3 is 0.615 bits per heavy atom. The quantitative estimate of drug-likeness (QED) is 0.0344. The van der Waals surface area contributed by atoms with Crippen molar-refractivity contribution in [2.45, 2.75) is 348 Å². The Morgan fingerprint density at radius 2 is 0.415 bits per heavy atom. The summed E-state index contributed by atoms with van der Waals surface area (Å²) in [6, 6.07) is 0. The van der Waals surface area contributed by atoms with Crippen molar-refractivity contribution in [2.75, 3.05) is 13.2 Å². The molecule has 0 rings (SSSR count). The molecular formula is C59H114O6. The minimum atomic E-state index is -0.757. The van der Waals surface area contributed by atoms with E-state index in [1.165, 1.54) is 244 Å². The molecular weight excluding hydrogens is 805 g/mol. The fourth-order valence-electron chi connectivity index (χ4n) is 9.15. The summed E-state index contributed by atoms with van der Waals surface area (Å²) in [6.07, 6.45) is 61.8. The Labute approximate surface area is 406 Å². The zero-order valence-corrected chi connectivity index (χ0v) is 44.3. The van der Waals surface area contributed by atoms with E-state index in [1.54, 1.807) is 0 Å². The maximum Gasteiger partial charge on any atom is 0.306 e. The van der Waals surface area contributed by atoms with Crippen LogP contribution >= 0.6 is 0 Å².